The highest BCUT2D eigenvalue weighted by Crippen LogP contribution is 2.42. The standard InChI is InChI=1S/C30H44N6O2/c1-5-6-18-35-28(38)29(4,24-12-8-7-9-13-24)32-27(37)30(35)15-19-34(20-16-30)21-25-22(2)33-36(23(25)3)26-14-10-11-17-31-26/h10-11,14,17,24H,5-9,12-13,15-16,18-21H2,1-4H3,(H,32,37)/t29-/m0/s1. The van der Waals surface area contributed by atoms with Crippen molar-refractivity contribution in [1.29, 1.82) is 0 Å². The van der Waals surface area contributed by atoms with Gasteiger partial charge in [-0.1, -0.05) is 38.7 Å². The lowest BCUT2D eigenvalue weighted by molar-refractivity contribution is -0.169. The van der Waals surface area contributed by atoms with Crippen molar-refractivity contribution in [2.24, 2.45) is 5.92 Å². The van der Waals surface area contributed by atoms with Gasteiger partial charge in [0.1, 0.15) is 11.1 Å². The highest BCUT2D eigenvalue weighted by molar-refractivity contribution is 6.02. The molecule has 2 saturated heterocycles. The predicted octanol–water partition coefficient (Wildman–Crippen LogP) is 4.32. The van der Waals surface area contributed by atoms with Crippen LogP contribution in [0, 0.1) is 19.8 Å². The number of piperazine rings is 1. The monoisotopic (exact) mass is 520 g/mol. The third-order valence-corrected chi connectivity index (χ3v) is 9.53. The van der Waals surface area contributed by atoms with Gasteiger partial charge in [0.2, 0.25) is 11.8 Å². The summed E-state index contributed by atoms with van der Waals surface area (Å²) in [4.78, 5) is 37.0. The maximum absolute atomic E-state index is 14.2. The Morgan fingerprint density at radius 2 is 1.82 bits per heavy atom. The smallest absolute Gasteiger partial charge is 0.249 e. The van der Waals surface area contributed by atoms with E-state index < -0.39 is 11.1 Å². The van der Waals surface area contributed by atoms with Gasteiger partial charge in [-0.05, 0) is 70.9 Å². The number of carbonyl (C=O) groups excluding carboxylic acids is 2. The average Bonchev–Trinajstić information content (AvgIpc) is 3.22. The highest BCUT2D eigenvalue weighted by Gasteiger charge is 2.59. The van der Waals surface area contributed by atoms with Crippen molar-refractivity contribution in [3.63, 3.8) is 0 Å². The van der Waals surface area contributed by atoms with Crippen LogP contribution in [0.3, 0.4) is 0 Å². The fourth-order valence-electron chi connectivity index (χ4n) is 7.00. The van der Waals surface area contributed by atoms with Crippen molar-refractivity contribution >= 4 is 11.8 Å². The summed E-state index contributed by atoms with van der Waals surface area (Å²) in [7, 11) is 0. The fraction of sp³-hybridized carbons (Fsp3) is 0.667. The molecule has 3 aliphatic rings. The Bertz CT molecular complexity index is 1150. The molecular weight excluding hydrogens is 476 g/mol. The largest absolute Gasteiger partial charge is 0.340 e. The van der Waals surface area contributed by atoms with E-state index in [-0.39, 0.29) is 17.7 Å². The Labute approximate surface area is 227 Å². The molecule has 8 nitrogen and oxygen atoms in total. The fourth-order valence-corrected chi connectivity index (χ4v) is 7.00. The lowest BCUT2D eigenvalue weighted by atomic mass is 9.70. The van der Waals surface area contributed by atoms with Crippen molar-refractivity contribution in [3.05, 3.63) is 41.3 Å². The minimum atomic E-state index is -0.776. The molecule has 0 radical (unpaired) electrons. The number of aryl methyl sites for hydroxylation is 1. The van der Waals surface area contributed by atoms with E-state index in [0.717, 1.165) is 75.4 Å². The minimum absolute atomic E-state index is 0.0660. The summed E-state index contributed by atoms with van der Waals surface area (Å²) in [5.74, 6) is 1.27. The number of carbonyl (C=O) groups is 2. The van der Waals surface area contributed by atoms with Gasteiger partial charge in [0, 0.05) is 43.6 Å². The number of unbranched alkanes of at least 4 members (excludes halogenated alkanes) is 1. The van der Waals surface area contributed by atoms with Crippen LogP contribution in [0.1, 0.15) is 88.6 Å². The number of nitrogens with one attached hydrogen (secondary N) is 1. The molecule has 8 heteroatoms. The molecule has 2 aliphatic heterocycles. The van der Waals surface area contributed by atoms with E-state index in [9.17, 15) is 9.59 Å². The number of amides is 2. The summed E-state index contributed by atoms with van der Waals surface area (Å²) in [5, 5.41) is 8.08. The molecule has 1 aliphatic carbocycles. The van der Waals surface area contributed by atoms with Crippen molar-refractivity contribution in [3.8, 4) is 5.82 Å². The van der Waals surface area contributed by atoms with Gasteiger partial charge in [-0.15, -0.1) is 0 Å². The molecule has 1 saturated carbocycles. The van der Waals surface area contributed by atoms with Crippen LogP contribution in [-0.4, -0.2) is 67.1 Å². The van der Waals surface area contributed by atoms with E-state index in [4.69, 9.17) is 5.10 Å². The maximum Gasteiger partial charge on any atom is 0.249 e. The maximum atomic E-state index is 14.2. The molecule has 1 spiro atoms. The normalized spacial score (nSPS) is 24.7. The lowest BCUT2D eigenvalue weighted by Gasteiger charge is -2.56. The Morgan fingerprint density at radius 1 is 1.08 bits per heavy atom. The van der Waals surface area contributed by atoms with Crippen LogP contribution < -0.4 is 5.32 Å². The van der Waals surface area contributed by atoms with E-state index in [1.54, 1.807) is 6.20 Å². The van der Waals surface area contributed by atoms with Crippen molar-refractivity contribution < 1.29 is 9.59 Å². The Hall–Kier alpha value is -2.74. The zero-order valence-electron chi connectivity index (χ0n) is 23.6. The first kappa shape index (κ1) is 26.9. The molecule has 0 unspecified atom stereocenters. The van der Waals surface area contributed by atoms with E-state index in [0.29, 0.717) is 19.4 Å². The SMILES string of the molecule is CCCCN1C(=O)[C@](C)(C2CCCCC2)NC(=O)C12CCN(Cc1c(C)nn(-c3ccccn3)c1C)CC2. The lowest BCUT2D eigenvalue weighted by Crippen LogP contribution is -2.78. The first-order valence-electron chi connectivity index (χ1n) is 14.6. The molecule has 2 aromatic heterocycles. The van der Waals surface area contributed by atoms with Crippen LogP contribution in [0.5, 0.6) is 0 Å². The third kappa shape index (κ3) is 4.65. The summed E-state index contributed by atoms with van der Waals surface area (Å²) >= 11 is 0. The second kappa shape index (κ2) is 10.8. The number of nitrogens with zero attached hydrogens (tertiary/aromatic N) is 5. The molecule has 2 aromatic rings. The topological polar surface area (TPSA) is 83.4 Å². The summed E-state index contributed by atoms with van der Waals surface area (Å²) in [6.07, 6.45) is 10.6. The third-order valence-electron chi connectivity index (χ3n) is 9.53. The zero-order valence-corrected chi connectivity index (χ0v) is 23.6. The summed E-state index contributed by atoms with van der Waals surface area (Å²) in [5.41, 5.74) is 1.80. The van der Waals surface area contributed by atoms with Crippen LogP contribution in [0.2, 0.25) is 0 Å². The molecule has 4 heterocycles. The molecule has 3 fully saturated rings. The number of hydrogen-bond donors (Lipinski definition) is 1. The number of rotatable bonds is 7. The van der Waals surface area contributed by atoms with Crippen molar-refractivity contribution in [2.75, 3.05) is 19.6 Å². The second-order valence-corrected chi connectivity index (χ2v) is 11.9. The molecule has 2 amide bonds. The zero-order chi connectivity index (χ0) is 26.9. The second-order valence-electron chi connectivity index (χ2n) is 11.9. The quantitative estimate of drug-likeness (QED) is 0.588. The van der Waals surface area contributed by atoms with Gasteiger partial charge in [-0.3, -0.25) is 14.5 Å². The summed E-state index contributed by atoms with van der Waals surface area (Å²) in [6, 6.07) is 5.86. The van der Waals surface area contributed by atoms with Gasteiger partial charge in [0.05, 0.1) is 5.69 Å². The Balaban J connectivity index is 1.33. The molecule has 1 atom stereocenters. The minimum Gasteiger partial charge on any atom is -0.340 e. The van der Waals surface area contributed by atoms with Crippen LogP contribution in [0.25, 0.3) is 5.82 Å². The van der Waals surface area contributed by atoms with Crippen molar-refractivity contribution in [2.45, 2.75) is 103 Å². The van der Waals surface area contributed by atoms with Crippen LogP contribution in [0.4, 0.5) is 0 Å². The number of aromatic nitrogens is 3. The number of pyridine rings is 1. The predicted molar refractivity (Wildman–Crippen MR) is 148 cm³/mol. The van der Waals surface area contributed by atoms with E-state index in [2.05, 4.69) is 36.0 Å². The van der Waals surface area contributed by atoms with Crippen LogP contribution >= 0.6 is 0 Å². The number of piperidine rings is 1. The van der Waals surface area contributed by atoms with Gasteiger partial charge in [-0.25, -0.2) is 9.67 Å². The van der Waals surface area contributed by atoms with Gasteiger partial charge < -0.3 is 10.2 Å². The average molecular weight is 521 g/mol. The van der Waals surface area contributed by atoms with Crippen LogP contribution in [-0.2, 0) is 16.1 Å². The summed E-state index contributed by atoms with van der Waals surface area (Å²) in [6.45, 7) is 11.3. The van der Waals surface area contributed by atoms with Crippen molar-refractivity contribution in [1.82, 2.24) is 29.9 Å². The highest BCUT2D eigenvalue weighted by atomic mass is 16.2. The summed E-state index contributed by atoms with van der Waals surface area (Å²) < 4.78 is 1.92. The van der Waals surface area contributed by atoms with E-state index in [1.165, 1.54) is 12.0 Å². The first-order chi connectivity index (χ1) is 18.3. The first-order valence-corrected chi connectivity index (χ1v) is 14.6. The molecular formula is C30H44N6O2. The number of hydrogen-bond acceptors (Lipinski definition) is 5. The van der Waals surface area contributed by atoms with Gasteiger partial charge in [-0.2, -0.15) is 5.10 Å². The van der Waals surface area contributed by atoms with Gasteiger partial charge >= 0.3 is 0 Å². The van der Waals surface area contributed by atoms with Gasteiger partial charge in [0.15, 0.2) is 5.82 Å². The van der Waals surface area contributed by atoms with Gasteiger partial charge in [0.25, 0.3) is 0 Å². The molecule has 5 rings (SSSR count). The molecule has 38 heavy (non-hydrogen) atoms. The van der Waals surface area contributed by atoms with E-state index in [1.807, 2.05) is 34.7 Å². The molecule has 206 valence electrons. The molecule has 0 aromatic carbocycles. The number of likely N-dealkylation sites (tertiary alicyclic amines) is 1. The molecule has 1 N–H and O–H groups in total. The molecule has 0 bridgehead atoms. The van der Waals surface area contributed by atoms with Crippen LogP contribution in [0.15, 0.2) is 24.4 Å². The van der Waals surface area contributed by atoms with E-state index >= 15 is 0 Å². The Morgan fingerprint density at radius 3 is 2.47 bits per heavy atom. The Kier molecular flexibility index (Phi) is 7.63.